The number of ether oxygens (including phenoxy) is 1. The Hall–Kier alpha value is -1.89. The van der Waals surface area contributed by atoms with Crippen molar-refractivity contribution in [3.05, 3.63) is 18.0 Å². The second-order valence-corrected chi connectivity index (χ2v) is 5.91. The third kappa shape index (κ3) is 2.99. The zero-order chi connectivity index (χ0) is 15.7. The van der Waals surface area contributed by atoms with Gasteiger partial charge in [0, 0.05) is 25.9 Å². The molecule has 0 radical (unpaired) electrons. The molecule has 3 rings (SSSR count). The van der Waals surface area contributed by atoms with Gasteiger partial charge in [-0.1, -0.05) is 0 Å². The van der Waals surface area contributed by atoms with Crippen LogP contribution in [0.15, 0.2) is 12.4 Å². The van der Waals surface area contributed by atoms with Crippen molar-refractivity contribution >= 4 is 11.9 Å². The summed E-state index contributed by atoms with van der Waals surface area (Å²) < 4.78 is 7.19. The van der Waals surface area contributed by atoms with Gasteiger partial charge in [-0.3, -0.25) is 9.48 Å². The van der Waals surface area contributed by atoms with E-state index < -0.39 is 5.97 Å². The fourth-order valence-corrected chi connectivity index (χ4v) is 3.06. The van der Waals surface area contributed by atoms with Crippen LogP contribution >= 0.6 is 0 Å². The Bertz CT molecular complexity index is 563. The molecule has 0 spiro atoms. The number of carboxylic acids is 1. The van der Waals surface area contributed by atoms with Crippen LogP contribution in [0.1, 0.15) is 42.6 Å². The van der Waals surface area contributed by atoms with Crippen LogP contribution in [-0.2, 0) is 9.53 Å². The number of aromatic carboxylic acids is 1. The second kappa shape index (κ2) is 6.08. The number of likely N-dealkylation sites (tertiary alicyclic amines) is 1. The van der Waals surface area contributed by atoms with E-state index in [0.29, 0.717) is 19.7 Å². The van der Waals surface area contributed by atoms with E-state index in [2.05, 4.69) is 5.10 Å². The number of piperidine rings is 1. The Balaban J connectivity index is 1.52. The highest BCUT2D eigenvalue weighted by Crippen LogP contribution is 2.36. The molecule has 0 aromatic carbocycles. The predicted octanol–water partition coefficient (Wildman–Crippen LogP) is 1.17. The predicted molar refractivity (Wildman–Crippen MR) is 77.6 cm³/mol. The summed E-state index contributed by atoms with van der Waals surface area (Å²) in [7, 11) is 0. The highest BCUT2D eigenvalue weighted by Gasteiger charge is 2.46. The molecule has 0 bridgehead atoms. The fourth-order valence-electron chi connectivity index (χ4n) is 3.06. The normalized spacial score (nSPS) is 25.2. The summed E-state index contributed by atoms with van der Waals surface area (Å²) in [6.45, 7) is 3.99. The number of amides is 1. The number of carbonyl (C=O) groups is 2. The first-order chi connectivity index (χ1) is 10.6. The molecule has 120 valence electrons. The first-order valence-corrected chi connectivity index (χ1v) is 7.78. The van der Waals surface area contributed by atoms with Gasteiger partial charge in [-0.15, -0.1) is 0 Å². The molecule has 2 aliphatic rings. The molecule has 1 N–H and O–H groups in total. The van der Waals surface area contributed by atoms with Gasteiger partial charge in [-0.2, -0.15) is 5.10 Å². The molecule has 1 saturated carbocycles. The largest absolute Gasteiger partial charge is 0.478 e. The standard InChI is InChI=1S/C15H21N3O4/c1-2-22-13-7-12(13)14(19)17-5-3-11(4-6-17)18-9-10(8-16-18)15(20)21/h8-9,11-13H,2-7H2,1H3,(H,20,21)/t12-,13-/m1/s1. The second-order valence-electron chi connectivity index (χ2n) is 5.91. The molecule has 1 aliphatic carbocycles. The first kappa shape index (κ1) is 15.0. The maximum Gasteiger partial charge on any atom is 0.338 e. The summed E-state index contributed by atoms with van der Waals surface area (Å²) in [4.78, 5) is 25.1. The van der Waals surface area contributed by atoms with Gasteiger partial charge in [0.2, 0.25) is 5.91 Å². The number of carboxylic acid groups (broad SMARTS) is 1. The van der Waals surface area contributed by atoms with Gasteiger partial charge in [0.25, 0.3) is 0 Å². The van der Waals surface area contributed by atoms with Crippen LogP contribution in [0, 0.1) is 5.92 Å². The quantitative estimate of drug-likeness (QED) is 0.882. The maximum atomic E-state index is 12.3. The van der Waals surface area contributed by atoms with Gasteiger partial charge in [-0.05, 0) is 26.2 Å². The number of nitrogens with zero attached hydrogens (tertiary/aromatic N) is 3. The van der Waals surface area contributed by atoms with Crippen molar-refractivity contribution in [1.82, 2.24) is 14.7 Å². The lowest BCUT2D eigenvalue weighted by Crippen LogP contribution is -2.40. The number of hydrogen-bond donors (Lipinski definition) is 1. The van der Waals surface area contributed by atoms with Gasteiger partial charge in [0.1, 0.15) is 0 Å². The first-order valence-electron chi connectivity index (χ1n) is 7.78. The molecule has 22 heavy (non-hydrogen) atoms. The minimum atomic E-state index is -0.963. The molecular weight excluding hydrogens is 286 g/mol. The molecular formula is C15H21N3O4. The highest BCUT2D eigenvalue weighted by atomic mass is 16.5. The van der Waals surface area contributed by atoms with Gasteiger partial charge < -0.3 is 14.7 Å². The lowest BCUT2D eigenvalue weighted by Gasteiger charge is -2.32. The molecule has 7 nitrogen and oxygen atoms in total. The van der Waals surface area contributed by atoms with E-state index in [4.69, 9.17) is 9.84 Å². The maximum absolute atomic E-state index is 12.3. The van der Waals surface area contributed by atoms with Crippen molar-refractivity contribution in [1.29, 1.82) is 0 Å². The fraction of sp³-hybridized carbons (Fsp3) is 0.667. The lowest BCUT2D eigenvalue weighted by molar-refractivity contribution is -0.134. The van der Waals surface area contributed by atoms with Crippen LogP contribution in [0.4, 0.5) is 0 Å². The molecule has 7 heteroatoms. The van der Waals surface area contributed by atoms with Crippen LogP contribution < -0.4 is 0 Å². The van der Waals surface area contributed by atoms with E-state index >= 15 is 0 Å². The molecule has 1 aromatic heterocycles. The Labute approximate surface area is 128 Å². The van der Waals surface area contributed by atoms with Crippen molar-refractivity contribution in [2.75, 3.05) is 19.7 Å². The van der Waals surface area contributed by atoms with Gasteiger partial charge in [0.15, 0.2) is 0 Å². The van der Waals surface area contributed by atoms with Crippen LogP contribution in [0.3, 0.4) is 0 Å². The zero-order valence-electron chi connectivity index (χ0n) is 12.6. The van der Waals surface area contributed by atoms with Crippen molar-refractivity contribution in [3.63, 3.8) is 0 Å². The third-order valence-electron chi connectivity index (χ3n) is 4.43. The monoisotopic (exact) mass is 307 g/mol. The summed E-state index contributed by atoms with van der Waals surface area (Å²) in [6.07, 6.45) is 5.50. The van der Waals surface area contributed by atoms with Crippen molar-refractivity contribution in [3.8, 4) is 0 Å². The van der Waals surface area contributed by atoms with Gasteiger partial charge in [0.05, 0.1) is 29.8 Å². The van der Waals surface area contributed by atoms with Gasteiger partial charge in [-0.25, -0.2) is 4.79 Å². The average Bonchev–Trinajstić information content (AvgIpc) is 3.10. The smallest absolute Gasteiger partial charge is 0.338 e. The van der Waals surface area contributed by atoms with Crippen molar-refractivity contribution in [2.24, 2.45) is 5.92 Å². The van der Waals surface area contributed by atoms with Gasteiger partial charge >= 0.3 is 5.97 Å². The van der Waals surface area contributed by atoms with E-state index in [-0.39, 0.29) is 29.5 Å². The molecule has 1 saturated heterocycles. The number of rotatable bonds is 5. The van der Waals surface area contributed by atoms with E-state index in [1.807, 2.05) is 11.8 Å². The Kier molecular flexibility index (Phi) is 4.15. The zero-order valence-corrected chi connectivity index (χ0v) is 12.6. The summed E-state index contributed by atoms with van der Waals surface area (Å²) in [5, 5.41) is 13.1. The SMILES string of the molecule is CCO[C@@H]1C[C@H]1C(=O)N1CCC(n2cc(C(=O)O)cn2)CC1. The topological polar surface area (TPSA) is 84.7 Å². The van der Waals surface area contributed by atoms with Crippen LogP contribution in [-0.4, -0.2) is 57.5 Å². The Morgan fingerprint density at radius 1 is 1.41 bits per heavy atom. The molecule has 2 fully saturated rings. The molecule has 1 aromatic rings. The summed E-state index contributed by atoms with van der Waals surface area (Å²) in [6, 6.07) is 0.166. The molecule has 0 unspecified atom stereocenters. The minimum Gasteiger partial charge on any atom is -0.478 e. The van der Waals surface area contributed by atoms with E-state index in [1.165, 1.54) is 6.20 Å². The Morgan fingerprint density at radius 2 is 2.14 bits per heavy atom. The molecule has 1 amide bonds. The third-order valence-corrected chi connectivity index (χ3v) is 4.43. The lowest BCUT2D eigenvalue weighted by atomic mass is 10.0. The molecule has 1 aliphatic heterocycles. The number of carbonyl (C=O) groups excluding carboxylic acids is 1. The number of hydrogen-bond acceptors (Lipinski definition) is 4. The summed E-state index contributed by atoms with van der Waals surface area (Å²) in [5.41, 5.74) is 0.205. The summed E-state index contributed by atoms with van der Waals surface area (Å²) >= 11 is 0. The van der Waals surface area contributed by atoms with E-state index in [0.717, 1.165) is 19.3 Å². The number of aromatic nitrogens is 2. The summed E-state index contributed by atoms with van der Waals surface area (Å²) in [5.74, 6) is -0.724. The highest BCUT2D eigenvalue weighted by molar-refractivity contribution is 5.86. The Morgan fingerprint density at radius 3 is 2.73 bits per heavy atom. The van der Waals surface area contributed by atoms with Crippen LogP contribution in [0.25, 0.3) is 0 Å². The van der Waals surface area contributed by atoms with Crippen LogP contribution in [0.5, 0.6) is 0 Å². The van der Waals surface area contributed by atoms with Crippen molar-refractivity contribution < 1.29 is 19.4 Å². The van der Waals surface area contributed by atoms with E-state index in [9.17, 15) is 9.59 Å². The van der Waals surface area contributed by atoms with Crippen molar-refractivity contribution in [2.45, 2.75) is 38.3 Å². The molecule has 2 atom stereocenters. The van der Waals surface area contributed by atoms with Crippen LogP contribution in [0.2, 0.25) is 0 Å². The molecule has 2 heterocycles. The minimum absolute atomic E-state index is 0.0415. The average molecular weight is 307 g/mol. The van der Waals surface area contributed by atoms with E-state index in [1.54, 1.807) is 10.9 Å².